The minimum atomic E-state index is 0.0631. The second-order valence-corrected chi connectivity index (χ2v) is 7.81. The van der Waals surface area contributed by atoms with E-state index in [-0.39, 0.29) is 16.7 Å². The predicted molar refractivity (Wildman–Crippen MR) is 100 cm³/mol. The lowest BCUT2D eigenvalue weighted by Gasteiger charge is -2.23. The summed E-state index contributed by atoms with van der Waals surface area (Å²) < 4.78 is 0. The third-order valence-corrected chi connectivity index (χ3v) is 5.44. The fourth-order valence-electron chi connectivity index (χ4n) is 3.77. The number of hydrogen-bond donors (Lipinski definition) is 1. The fraction of sp³-hybridized carbons (Fsp3) is 0.429. The van der Waals surface area contributed by atoms with Gasteiger partial charge in [0.05, 0.1) is 6.54 Å². The first-order chi connectivity index (χ1) is 11.9. The van der Waals surface area contributed by atoms with Crippen LogP contribution in [-0.2, 0) is 16.8 Å². The highest BCUT2D eigenvalue weighted by Gasteiger charge is 2.61. The summed E-state index contributed by atoms with van der Waals surface area (Å²) in [6.45, 7) is 6.40. The van der Waals surface area contributed by atoms with Gasteiger partial charge < -0.3 is 5.32 Å². The first-order valence-corrected chi connectivity index (χ1v) is 8.83. The molecule has 4 nitrogen and oxygen atoms in total. The summed E-state index contributed by atoms with van der Waals surface area (Å²) in [7, 11) is 1.97. The van der Waals surface area contributed by atoms with E-state index in [9.17, 15) is 4.79 Å². The number of pyridine rings is 1. The van der Waals surface area contributed by atoms with Crippen LogP contribution in [0.1, 0.15) is 31.4 Å². The lowest BCUT2D eigenvalue weighted by atomic mass is 9.88. The van der Waals surface area contributed by atoms with Gasteiger partial charge in [-0.25, -0.2) is 0 Å². The van der Waals surface area contributed by atoms with Crippen molar-refractivity contribution in [3.8, 4) is 0 Å². The minimum absolute atomic E-state index is 0.0631. The zero-order chi connectivity index (χ0) is 17.9. The zero-order valence-corrected chi connectivity index (χ0v) is 15.3. The molecule has 1 unspecified atom stereocenters. The van der Waals surface area contributed by atoms with Crippen molar-refractivity contribution in [1.29, 1.82) is 0 Å². The van der Waals surface area contributed by atoms with Gasteiger partial charge in [0.25, 0.3) is 0 Å². The fourth-order valence-corrected chi connectivity index (χ4v) is 3.77. The first-order valence-electron chi connectivity index (χ1n) is 8.83. The van der Waals surface area contributed by atoms with Crippen LogP contribution in [0.2, 0.25) is 0 Å². The predicted octanol–water partition coefficient (Wildman–Crippen LogP) is 3.00. The van der Waals surface area contributed by atoms with Crippen molar-refractivity contribution in [3.63, 3.8) is 0 Å². The topological polar surface area (TPSA) is 45.2 Å². The highest BCUT2D eigenvalue weighted by atomic mass is 16.2. The van der Waals surface area contributed by atoms with Crippen molar-refractivity contribution in [2.24, 2.45) is 5.41 Å². The number of likely N-dealkylation sites (N-methyl/N-ethyl adjacent to an activating group) is 1. The van der Waals surface area contributed by atoms with E-state index in [0.717, 1.165) is 18.5 Å². The van der Waals surface area contributed by atoms with Crippen LogP contribution >= 0.6 is 0 Å². The van der Waals surface area contributed by atoms with Crippen LogP contribution in [0.25, 0.3) is 0 Å². The van der Waals surface area contributed by atoms with E-state index in [4.69, 9.17) is 0 Å². The Balaban J connectivity index is 1.55. The van der Waals surface area contributed by atoms with Crippen LogP contribution < -0.4 is 5.32 Å². The maximum Gasteiger partial charge on any atom is 0.234 e. The monoisotopic (exact) mass is 337 g/mol. The third kappa shape index (κ3) is 3.90. The van der Waals surface area contributed by atoms with Gasteiger partial charge in [-0.3, -0.25) is 14.7 Å². The molecule has 132 valence electrons. The molecule has 1 saturated carbocycles. The Kier molecular flexibility index (Phi) is 4.91. The molecule has 0 aliphatic heterocycles. The molecule has 2 aromatic rings. The van der Waals surface area contributed by atoms with Gasteiger partial charge >= 0.3 is 0 Å². The van der Waals surface area contributed by atoms with Crippen molar-refractivity contribution >= 4 is 5.91 Å². The number of benzene rings is 1. The van der Waals surface area contributed by atoms with Gasteiger partial charge in [0, 0.05) is 30.9 Å². The Labute approximate surface area is 150 Å². The van der Waals surface area contributed by atoms with E-state index < -0.39 is 0 Å². The normalized spacial score (nSPS) is 21.1. The van der Waals surface area contributed by atoms with Crippen LogP contribution in [0.4, 0.5) is 0 Å². The van der Waals surface area contributed by atoms with Gasteiger partial charge in [-0.1, -0.05) is 44.2 Å². The van der Waals surface area contributed by atoms with Crippen LogP contribution in [0.15, 0.2) is 54.9 Å². The van der Waals surface area contributed by atoms with Gasteiger partial charge in [-0.2, -0.15) is 0 Å². The molecule has 4 heteroatoms. The van der Waals surface area contributed by atoms with Crippen molar-refractivity contribution < 1.29 is 4.79 Å². The summed E-state index contributed by atoms with van der Waals surface area (Å²) in [5, 5.41) is 3.16. The largest absolute Gasteiger partial charge is 0.354 e. The number of hydrogen-bond acceptors (Lipinski definition) is 3. The summed E-state index contributed by atoms with van der Waals surface area (Å²) in [6.07, 6.45) is 4.67. The SMILES string of the molecule is CN(CC(=O)NCC1(c2ccccc2)CC1(C)C)Cc1ccncc1. The minimum Gasteiger partial charge on any atom is -0.354 e. The molecule has 0 saturated heterocycles. The summed E-state index contributed by atoms with van der Waals surface area (Å²) in [5.74, 6) is 0.0783. The Morgan fingerprint density at radius 2 is 1.80 bits per heavy atom. The van der Waals surface area contributed by atoms with Gasteiger partial charge in [-0.15, -0.1) is 0 Å². The van der Waals surface area contributed by atoms with E-state index in [1.54, 1.807) is 12.4 Å². The molecule has 1 amide bonds. The summed E-state index contributed by atoms with van der Waals surface area (Å²) in [6, 6.07) is 14.5. The number of nitrogens with zero attached hydrogens (tertiary/aromatic N) is 2. The molecule has 0 spiro atoms. The average Bonchev–Trinajstić information content (AvgIpc) is 3.17. The molecule has 1 N–H and O–H groups in total. The Morgan fingerprint density at radius 1 is 1.16 bits per heavy atom. The maximum absolute atomic E-state index is 12.4. The number of carbonyl (C=O) groups excluding carboxylic acids is 1. The van der Waals surface area contributed by atoms with Crippen LogP contribution in [0.5, 0.6) is 0 Å². The van der Waals surface area contributed by atoms with E-state index in [1.165, 1.54) is 5.56 Å². The lowest BCUT2D eigenvalue weighted by molar-refractivity contribution is -0.122. The zero-order valence-electron chi connectivity index (χ0n) is 15.3. The van der Waals surface area contributed by atoms with Gasteiger partial charge in [0.1, 0.15) is 0 Å². The number of amides is 1. The summed E-state index contributed by atoms with van der Waals surface area (Å²) in [4.78, 5) is 18.4. The number of aromatic nitrogens is 1. The highest BCUT2D eigenvalue weighted by Crippen LogP contribution is 2.63. The third-order valence-electron chi connectivity index (χ3n) is 5.44. The Hall–Kier alpha value is -2.20. The molecule has 1 aliphatic rings. The summed E-state index contributed by atoms with van der Waals surface area (Å²) in [5.41, 5.74) is 2.78. The molecule has 25 heavy (non-hydrogen) atoms. The molecular weight excluding hydrogens is 310 g/mol. The van der Waals surface area contributed by atoms with E-state index in [2.05, 4.69) is 48.4 Å². The quantitative estimate of drug-likeness (QED) is 0.845. The van der Waals surface area contributed by atoms with E-state index in [0.29, 0.717) is 13.1 Å². The second-order valence-electron chi connectivity index (χ2n) is 7.81. The van der Waals surface area contributed by atoms with Gasteiger partial charge in [0.2, 0.25) is 5.91 Å². The van der Waals surface area contributed by atoms with Gasteiger partial charge in [-0.05, 0) is 42.1 Å². The molecule has 1 atom stereocenters. The highest BCUT2D eigenvalue weighted by molar-refractivity contribution is 5.78. The lowest BCUT2D eigenvalue weighted by Crippen LogP contribution is -2.40. The first kappa shape index (κ1) is 17.6. The Bertz CT molecular complexity index is 714. The van der Waals surface area contributed by atoms with Gasteiger partial charge in [0.15, 0.2) is 0 Å². The molecule has 0 bridgehead atoms. The smallest absolute Gasteiger partial charge is 0.234 e. The standard InChI is InChI=1S/C21H27N3O/c1-20(2)15-21(20,18-7-5-4-6-8-18)16-23-19(25)14-24(3)13-17-9-11-22-12-10-17/h4-12H,13-16H2,1-3H3,(H,23,25). The van der Waals surface area contributed by atoms with Crippen LogP contribution in [0, 0.1) is 5.41 Å². The second kappa shape index (κ2) is 6.96. The maximum atomic E-state index is 12.4. The van der Waals surface area contributed by atoms with Crippen molar-refractivity contribution in [2.75, 3.05) is 20.1 Å². The van der Waals surface area contributed by atoms with Crippen molar-refractivity contribution in [1.82, 2.24) is 15.2 Å². The van der Waals surface area contributed by atoms with Crippen molar-refractivity contribution in [2.45, 2.75) is 32.2 Å². The molecule has 1 aromatic carbocycles. The molecule has 1 aromatic heterocycles. The molecule has 0 radical (unpaired) electrons. The molecule has 1 fully saturated rings. The Morgan fingerprint density at radius 3 is 2.40 bits per heavy atom. The van der Waals surface area contributed by atoms with Crippen LogP contribution in [0.3, 0.4) is 0 Å². The molecular formula is C21H27N3O. The average molecular weight is 337 g/mol. The van der Waals surface area contributed by atoms with Crippen molar-refractivity contribution in [3.05, 3.63) is 66.0 Å². The molecule has 1 heterocycles. The molecule has 3 rings (SSSR count). The van der Waals surface area contributed by atoms with E-state index >= 15 is 0 Å². The number of nitrogens with one attached hydrogen (secondary N) is 1. The number of rotatable bonds is 7. The molecule has 1 aliphatic carbocycles. The summed E-state index contributed by atoms with van der Waals surface area (Å²) >= 11 is 0. The number of carbonyl (C=O) groups is 1. The van der Waals surface area contributed by atoms with Crippen LogP contribution in [-0.4, -0.2) is 35.9 Å². The van der Waals surface area contributed by atoms with E-state index in [1.807, 2.05) is 30.1 Å².